The number of hydrogen-bond acceptors (Lipinski definition) is 2. The minimum atomic E-state index is -0.228. The first-order chi connectivity index (χ1) is 7.68. The van der Waals surface area contributed by atoms with Gasteiger partial charge in [-0.1, -0.05) is 18.2 Å². The molecule has 1 N–H and O–H groups in total. The highest BCUT2D eigenvalue weighted by Crippen LogP contribution is 2.11. The van der Waals surface area contributed by atoms with E-state index in [9.17, 15) is 9.18 Å². The number of nitrogens with one attached hydrogen (secondary N) is 1. The highest BCUT2D eigenvalue weighted by atomic mass is 19.1. The minimum Gasteiger partial charge on any atom is -0.344 e. The summed E-state index contributed by atoms with van der Waals surface area (Å²) in [6, 6.07) is 6.45. The van der Waals surface area contributed by atoms with Crippen molar-refractivity contribution in [1.29, 1.82) is 0 Å². The van der Waals surface area contributed by atoms with Gasteiger partial charge in [-0.25, -0.2) is 4.39 Å². The Bertz CT molecular complexity index is 394. The summed E-state index contributed by atoms with van der Waals surface area (Å²) in [5, 5.41) is 3.09. The van der Waals surface area contributed by atoms with Gasteiger partial charge < -0.3 is 10.2 Å². The number of benzene rings is 1. The summed E-state index contributed by atoms with van der Waals surface area (Å²) < 4.78 is 13.3. The van der Waals surface area contributed by atoms with E-state index in [0.717, 1.165) is 13.0 Å². The van der Waals surface area contributed by atoms with E-state index in [-0.39, 0.29) is 17.8 Å². The van der Waals surface area contributed by atoms with E-state index < -0.39 is 0 Å². The minimum absolute atomic E-state index is 0.0938. The van der Waals surface area contributed by atoms with Gasteiger partial charge in [-0.05, 0) is 12.5 Å². The number of amides is 1. The SMILES string of the molecule is CN1CCC(NCc2ccccc2F)C1=O. The topological polar surface area (TPSA) is 32.3 Å². The van der Waals surface area contributed by atoms with E-state index in [1.54, 1.807) is 30.1 Å². The monoisotopic (exact) mass is 222 g/mol. The fourth-order valence-corrected chi connectivity index (χ4v) is 1.89. The van der Waals surface area contributed by atoms with Crippen molar-refractivity contribution in [2.24, 2.45) is 0 Å². The summed E-state index contributed by atoms with van der Waals surface area (Å²) in [7, 11) is 1.78. The Balaban J connectivity index is 1.93. The summed E-state index contributed by atoms with van der Waals surface area (Å²) in [6.07, 6.45) is 0.795. The van der Waals surface area contributed by atoms with Gasteiger partial charge in [-0.3, -0.25) is 4.79 Å². The predicted octanol–water partition coefficient (Wildman–Crippen LogP) is 1.15. The molecule has 2 rings (SSSR count). The largest absolute Gasteiger partial charge is 0.344 e. The maximum Gasteiger partial charge on any atom is 0.239 e. The standard InChI is InChI=1S/C12H15FN2O/c1-15-7-6-11(12(15)16)14-8-9-4-2-3-5-10(9)13/h2-5,11,14H,6-8H2,1H3. The Morgan fingerprint density at radius 3 is 2.88 bits per heavy atom. The van der Waals surface area contributed by atoms with Crippen LogP contribution in [-0.4, -0.2) is 30.4 Å². The first-order valence-corrected chi connectivity index (χ1v) is 5.40. The van der Waals surface area contributed by atoms with E-state index in [0.29, 0.717) is 12.1 Å². The number of halogens is 1. The molecule has 0 aromatic heterocycles. The quantitative estimate of drug-likeness (QED) is 0.832. The van der Waals surface area contributed by atoms with Gasteiger partial charge in [0.25, 0.3) is 0 Å². The third-order valence-corrected chi connectivity index (χ3v) is 2.92. The summed E-state index contributed by atoms with van der Waals surface area (Å²) in [5.41, 5.74) is 0.602. The van der Waals surface area contributed by atoms with Gasteiger partial charge in [0.1, 0.15) is 5.82 Å². The molecule has 0 bridgehead atoms. The molecule has 1 aromatic carbocycles. The molecule has 1 atom stereocenters. The number of nitrogens with zero attached hydrogens (tertiary/aromatic N) is 1. The summed E-state index contributed by atoms with van der Waals surface area (Å²) in [6.45, 7) is 1.17. The normalized spacial score (nSPS) is 20.5. The zero-order chi connectivity index (χ0) is 11.5. The lowest BCUT2D eigenvalue weighted by Crippen LogP contribution is -2.36. The molecule has 0 aliphatic carbocycles. The summed E-state index contributed by atoms with van der Waals surface area (Å²) in [5.74, 6) is -0.134. The third kappa shape index (κ3) is 2.22. The highest BCUT2D eigenvalue weighted by molar-refractivity contribution is 5.83. The van der Waals surface area contributed by atoms with Gasteiger partial charge >= 0.3 is 0 Å². The van der Waals surface area contributed by atoms with Crippen molar-refractivity contribution in [3.05, 3.63) is 35.6 Å². The van der Waals surface area contributed by atoms with Gasteiger partial charge in [0.15, 0.2) is 0 Å². The average Bonchev–Trinajstić information content (AvgIpc) is 2.59. The first kappa shape index (κ1) is 11.1. The van der Waals surface area contributed by atoms with Crippen LogP contribution in [0, 0.1) is 5.82 Å². The number of carbonyl (C=O) groups excluding carboxylic acids is 1. The van der Waals surface area contributed by atoms with E-state index in [1.807, 2.05) is 0 Å². The van der Waals surface area contributed by atoms with Gasteiger partial charge in [0, 0.05) is 25.7 Å². The lowest BCUT2D eigenvalue weighted by Gasteiger charge is -2.12. The number of likely N-dealkylation sites (tertiary alicyclic amines) is 1. The van der Waals surface area contributed by atoms with Crippen molar-refractivity contribution in [3.63, 3.8) is 0 Å². The Morgan fingerprint density at radius 1 is 1.50 bits per heavy atom. The van der Waals surface area contributed by atoms with Crippen LogP contribution in [0.1, 0.15) is 12.0 Å². The number of carbonyl (C=O) groups is 1. The van der Waals surface area contributed by atoms with Crippen LogP contribution in [0.2, 0.25) is 0 Å². The molecule has 1 aromatic rings. The Kier molecular flexibility index (Phi) is 3.19. The molecule has 1 heterocycles. The number of likely N-dealkylation sites (N-methyl/N-ethyl adjacent to an activating group) is 1. The molecule has 1 amide bonds. The molecule has 86 valence electrons. The van der Waals surface area contributed by atoms with Crippen LogP contribution < -0.4 is 5.32 Å². The van der Waals surface area contributed by atoms with Crippen LogP contribution in [0.15, 0.2) is 24.3 Å². The lowest BCUT2D eigenvalue weighted by atomic mass is 10.2. The van der Waals surface area contributed by atoms with Crippen LogP contribution in [0.5, 0.6) is 0 Å². The van der Waals surface area contributed by atoms with Crippen molar-refractivity contribution in [2.75, 3.05) is 13.6 Å². The van der Waals surface area contributed by atoms with Gasteiger partial charge in [-0.2, -0.15) is 0 Å². The molecule has 1 unspecified atom stereocenters. The number of rotatable bonds is 3. The first-order valence-electron chi connectivity index (χ1n) is 5.40. The second-order valence-electron chi connectivity index (χ2n) is 4.07. The fourth-order valence-electron chi connectivity index (χ4n) is 1.89. The van der Waals surface area contributed by atoms with Crippen molar-refractivity contribution >= 4 is 5.91 Å². The van der Waals surface area contributed by atoms with E-state index in [1.165, 1.54) is 6.07 Å². The van der Waals surface area contributed by atoms with Crippen molar-refractivity contribution in [3.8, 4) is 0 Å². The molecule has 1 aliphatic heterocycles. The fraction of sp³-hybridized carbons (Fsp3) is 0.417. The van der Waals surface area contributed by atoms with Crippen LogP contribution in [0.4, 0.5) is 4.39 Å². The van der Waals surface area contributed by atoms with Gasteiger partial charge in [0.05, 0.1) is 6.04 Å². The van der Waals surface area contributed by atoms with Crippen LogP contribution in [-0.2, 0) is 11.3 Å². The predicted molar refractivity (Wildman–Crippen MR) is 59.3 cm³/mol. The smallest absolute Gasteiger partial charge is 0.239 e. The molecule has 1 aliphatic rings. The maximum absolute atomic E-state index is 13.3. The van der Waals surface area contributed by atoms with E-state index in [4.69, 9.17) is 0 Å². The van der Waals surface area contributed by atoms with Crippen molar-refractivity contribution < 1.29 is 9.18 Å². The Morgan fingerprint density at radius 2 is 2.25 bits per heavy atom. The molecule has 3 nitrogen and oxygen atoms in total. The Hall–Kier alpha value is -1.42. The molecule has 1 saturated heterocycles. The van der Waals surface area contributed by atoms with E-state index in [2.05, 4.69) is 5.32 Å². The molecule has 0 spiro atoms. The maximum atomic E-state index is 13.3. The van der Waals surface area contributed by atoms with Crippen LogP contribution >= 0.6 is 0 Å². The molecule has 0 saturated carbocycles. The summed E-state index contributed by atoms with van der Waals surface area (Å²) >= 11 is 0. The van der Waals surface area contributed by atoms with Crippen molar-refractivity contribution in [2.45, 2.75) is 19.0 Å². The van der Waals surface area contributed by atoms with Crippen LogP contribution in [0.25, 0.3) is 0 Å². The Labute approximate surface area is 94.3 Å². The zero-order valence-corrected chi connectivity index (χ0v) is 9.24. The molecule has 4 heteroatoms. The van der Waals surface area contributed by atoms with Crippen molar-refractivity contribution in [1.82, 2.24) is 10.2 Å². The summed E-state index contributed by atoms with van der Waals surface area (Å²) in [4.78, 5) is 13.3. The second-order valence-corrected chi connectivity index (χ2v) is 4.07. The average molecular weight is 222 g/mol. The molecule has 16 heavy (non-hydrogen) atoms. The van der Waals surface area contributed by atoms with Gasteiger partial charge in [-0.15, -0.1) is 0 Å². The lowest BCUT2D eigenvalue weighted by molar-refractivity contribution is -0.128. The molecular weight excluding hydrogens is 207 g/mol. The molecule has 1 fully saturated rings. The second kappa shape index (κ2) is 4.61. The molecular formula is C12H15FN2O. The van der Waals surface area contributed by atoms with E-state index >= 15 is 0 Å². The zero-order valence-electron chi connectivity index (χ0n) is 9.24. The highest BCUT2D eigenvalue weighted by Gasteiger charge is 2.28. The van der Waals surface area contributed by atoms with Crippen LogP contribution in [0.3, 0.4) is 0 Å². The number of hydrogen-bond donors (Lipinski definition) is 1. The van der Waals surface area contributed by atoms with Gasteiger partial charge in [0.2, 0.25) is 5.91 Å². The third-order valence-electron chi connectivity index (χ3n) is 2.92. The molecule has 0 radical (unpaired) electrons.